The van der Waals surface area contributed by atoms with Gasteiger partial charge in [0.25, 0.3) is 0 Å². The highest BCUT2D eigenvalue weighted by Gasteiger charge is 2.21. The van der Waals surface area contributed by atoms with Crippen molar-refractivity contribution < 1.29 is 0 Å². The second-order valence-corrected chi connectivity index (χ2v) is 16.8. The summed E-state index contributed by atoms with van der Waals surface area (Å²) in [7, 11) is 0. The van der Waals surface area contributed by atoms with E-state index in [0.717, 1.165) is 66.4 Å². The molecule has 4 nitrogen and oxygen atoms in total. The molecular weight excluding hydrogens is 789 g/mol. The molecule has 2 heterocycles. The van der Waals surface area contributed by atoms with Crippen molar-refractivity contribution in [3.63, 3.8) is 0 Å². The second-order valence-electron chi connectivity index (χ2n) is 16.8. The lowest BCUT2D eigenvalue weighted by molar-refractivity contribution is 1.07. The Hall–Kier alpha value is -8.73. The first-order chi connectivity index (χ1) is 32.2. The number of aromatic nitrogens is 4. The molecule has 0 radical (unpaired) electrons. The molecule has 0 aliphatic carbocycles. The molecule has 0 fully saturated rings. The summed E-state index contributed by atoms with van der Waals surface area (Å²) in [4.78, 5) is 16.0. The van der Waals surface area contributed by atoms with Crippen LogP contribution >= 0.6 is 0 Å². The predicted molar refractivity (Wildman–Crippen MR) is 271 cm³/mol. The molecule has 0 unspecified atom stereocenters. The van der Waals surface area contributed by atoms with Crippen molar-refractivity contribution in [3.05, 3.63) is 231 Å². The summed E-state index contributed by atoms with van der Waals surface area (Å²) < 4.78 is 2.44. The summed E-state index contributed by atoms with van der Waals surface area (Å²) in [5.41, 5.74) is 10.5. The SMILES string of the molecule is c1ccc(-c2cccc(-c3nc(-c4ccc5ccccc5c4)nc(-c4ccc(-n5c6cc7ccccc7cc6c6cc7ccccc7cc65)cc4-c4cccc5ccccc45)n3)c2)cc1. The molecule has 0 saturated carbocycles. The first-order valence-electron chi connectivity index (χ1n) is 22.1. The Balaban J connectivity index is 1.09. The highest BCUT2D eigenvalue weighted by molar-refractivity contribution is 6.17. The van der Waals surface area contributed by atoms with Crippen molar-refractivity contribution in [3.8, 4) is 62.1 Å². The quantitative estimate of drug-likeness (QED) is 0.168. The van der Waals surface area contributed by atoms with Gasteiger partial charge in [0.15, 0.2) is 17.5 Å². The zero-order valence-electron chi connectivity index (χ0n) is 35.2. The zero-order valence-corrected chi connectivity index (χ0v) is 35.2. The van der Waals surface area contributed by atoms with Gasteiger partial charge in [-0.1, -0.05) is 176 Å². The smallest absolute Gasteiger partial charge is 0.164 e. The van der Waals surface area contributed by atoms with Crippen LogP contribution in [0.3, 0.4) is 0 Å². The summed E-state index contributed by atoms with van der Waals surface area (Å²) in [6, 6.07) is 82.6. The van der Waals surface area contributed by atoms with E-state index in [0.29, 0.717) is 17.5 Å². The maximum absolute atomic E-state index is 5.39. The maximum Gasteiger partial charge on any atom is 0.164 e. The van der Waals surface area contributed by atoms with Crippen LogP contribution in [0, 0.1) is 0 Å². The topological polar surface area (TPSA) is 43.6 Å². The summed E-state index contributed by atoms with van der Waals surface area (Å²) >= 11 is 0. The van der Waals surface area contributed by atoms with E-state index in [2.05, 4.69) is 229 Å². The largest absolute Gasteiger partial charge is 0.309 e. The fraction of sp³-hybridized carbons (Fsp3) is 0. The van der Waals surface area contributed by atoms with Crippen LogP contribution < -0.4 is 0 Å². The van der Waals surface area contributed by atoms with Gasteiger partial charge in [-0.05, 0) is 120 Å². The highest BCUT2D eigenvalue weighted by atomic mass is 15.0. The van der Waals surface area contributed by atoms with Crippen LogP contribution in [0.2, 0.25) is 0 Å². The van der Waals surface area contributed by atoms with Crippen LogP contribution in [0.25, 0.3) is 127 Å². The molecule has 4 heteroatoms. The predicted octanol–water partition coefficient (Wildman–Crippen LogP) is 15.9. The van der Waals surface area contributed by atoms with E-state index in [1.807, 2.05) is 6.07 Å². The molecule has 13 rings (SSSR count). The van der Waals surface area contributed by atoms with E-state index in [1.165, 1.54) is 43.1 Å². The standard InChI is InChI=1S/C61H38N4/c1-2-14-39(15-3-1)43-24-12-25-48(32-43)59-62-60(49-29-28-40-16-4-5-18-42(40)33-49)64-61(63-59)53-31-30-50(38-54(53)52-27-13-23-41-17-10-11-26-51(41)52)65-57-36-46-21-8-6-19-44(46)34-55(57)56-35-45-20-7-9-22-47(45)37-58(56)65/h1-38H. The maximum atomic E-state index is 5.39. The Morgan fingerprint density at radius 3 is 1.45 bits per heavy atom. The number of rotatable bonds is 6. The summed E-state index contributed by atoms with van der Waals surface area (Å²) in [5.74, 6) is 1.84. The average Bonchev–Trinajstić information content (AvgIpc) is 3.68. The first-order valence-corrected chi connectivity index (χ1v) is 22.1. The minimum atomic E-state index is 0.608. The van der Waals surface area contributed by atoms with Gasteiger partial charge in [-0.3, -0.25) is 0 Å². The van der Waals surface area contributed by atoms with E-state index < -0.39 is 0 Å². The van der Waals surface area contributed by atoms with Crippen molar-refractivity contribution in [1.82, 2.24) is 19.5 Å². The molecule has 0 bridgehead atoms. The van der Waals surface area contributed by atoms with Crippen LogP contribution in [0.1, 0.15) is 0 Å². The number of hydrogen-bond acceptors (Lipinski definition) is 3. The van der Waals surface area contributed by atoms with Gasteiger partial charge in [-0.15, -0.1) is 0 Å². The number of benzene rings is 11. The molecule has 302 valence electrons. The minimum Gasteiger partial charge on any atom is -0.309 e. The molecule has 13 aromatic rings. The van der Waals surface area contributed by atoms with E-state index in [4.69, 9.17) is 15.0 Å². The molecule has 0 saturated heterocycles. The Bertz CT molecular complexity index is 3920. The number of nitrogens with zero attached hydrogens (tertiary/aromatic N) is 4. The molecular formula is C61H38N4. The number of hydrogen-bond donors (Lipinski definition) is 0. The van der Waals surface area contributed by atoms with Crippen molar-refractivity contribution in [1.29, 1.82) is 0 Å². The van der Waals surface area contributed by atoms with E-state index >= 15 is 0 Å². The lowest BCUT2D eigenvalue weighted by Crippen LogP contribution is -2.02. The zero-order chi connectivity index (χ0) is 42.8. The minimum absolute atomic E-state index is 0.608. The molecule has 0 atom stereocenters. The van der Waals surface area contributed by atoms with Gasteiger partial charge in [0.2, 0.25) is 0 Å². The summed E-state index contributed by atoms with van der Waals surface area (Å²) in [5, 5.41) is 11.9. The van der Waals surface area contributed by atoms with Gasteiger partial charge in [0, 0.05) is 33.2 Å². The van der Waals surface area contributed by atoms with E-state index in [1.54, 1.807) is 0 Å². The van der Waals surface area contributed by atoms with Gasteiger partial charge in [-0.25, -0.2) is 15.0 Å². The third-order valence-corrected chi connectivity index (χ3v) is 13.0. The second kappa shape index (κ2) is 15.0. The highest BCUT2D eigenvalue weighted by Crippen LogP contribution is 2.42. The molecule has 0 spiro atoms. The summed E-state index contributed by atoms with van der Waals surface area (Å²) in [6.07, 6.45) is 0. The van der Waals surface area contributed by atoms with Crippen LogP contribution in [0.4, 0.5) is 0 Å². The molecule has 0 N–H and O–H groups in total. The molecule has 0 aliphatic rings. The van der Waals surface area contributed by atoms with Crippen molar-refractivity contribution in [2.24, 2.45) is 0 Å². The van der Waals surface area contributed by atoms with Crippen LogP contribution in [-0.4, -0.2) is 19.5 Å². The third-order valence-electron chi connectivity index (χ3n) is 13.0. The van der Waals surface area contributed by atoms with Crippen molar-refractivity contribution >= 4 is 64.9 Å². The van der Waals surface area contributed by atoms with Crippen molar-refractivity contribution in [2.75, 3.05) is 0 Å². The lowest BCUT2D eigenvalue weighted by atomic mass is 9.93. The molecule has 11 aromatic carbocycles. The van der Waals surface area contributed by atoms with Crippen LogP contribution in [-0.2, 0) is 0 Å². The van der Waals surface area contributed by atoms with Gasteiger partial charge in [-0.2, -0.15) is 0 Å². The Kier molecular flexibility index (Phi) is 8.50. The Morgan fingerprint density at radius 1 is 0.246 bits per heavy atom. The van der Waals surface area contributed by atoms with Gasteiger partial charge >= 0.3 is 0 Å². The fourth-order valence-corrected chi connectivity index (χ4v) is 9.77. The normalized spacial score (nSPS) is 11.7. The van der Waals surface area contributed by atoms with Crippen LogP contribution in [0.15, 0.2) is 231 Å². The van der Waals surface area contributed by atoms with E-state index in [9.17, 15) is 0 Å². The Labute approximate surface area is 375 Å². The van der Waals surface area contributed by atoms with Crippen LogP contribution in [0.5, 0.6) is 0 Å². The van der Waals surface area contributed by atoms with E-state index in [-0.39, 0.29) is 0 Å². The monoisotopic (exact) mass is 826 g/mol. The lowest BCUT2D eigenvalue weighted by Gasteiger charge is -2.17. The van der Waals surface area contributed by atoms with Gasteiger partial charge in [0.1, 0.15) is 0 Å². The molecule has 0 aliphatic heterocycles. The molecule has 0 amide bonds. The molecule has 2 aromatic heterocycles. The number of fused-ring (bicyclic) bond motifs is 7. The fourth-order valence-electron chi connectivity index (χ4n) is 9.77. The van der Waals surface area contributed by atoms with Gasteiger partial charge in [0.05, 0.1) is 11.0 Å². The van der Waals surface area contributed by atoms with Crippen molar-refractivity contribution in [2.45, 2.75) is 0 Å². The molecule has 65 heavy (non-hydrogen) atoms. The Morgan fingerprint density at radius 2 is 0.754 bits per heavy atom. The first kappa shape index (κ1) is 36.9. The third kappa shape index (κ3) is 6.34. The average molecular weight is 827 g/mol. The summed E-state index contributed by atoms with van der Waals surface area (Å²) in [6.45, 7) is 0. The van der Waals surface area contributed by atoms with Gasteiger partial charge < -0.3 is 4.57 Å².